The van der Waals surface area contributed by atoms with Crippen molar-refractivity contribution < 1.29 is 19.2 Å². The van der Waals surface area contributed by atoms with E-state index in [-0.39, 0.29) is 52.8 Å². The lowest BCUT2D eigenvalue weighted by molar-refractivity contribution is -0.384. The molecule has 0 saturated carbocycles. The summed E-state index contributed by atoms with van der Waals surface area (Å²) in [6.45, 7) is 11.0. The van der Waals surface area contributed by atoms with Crippen molar-refractivity contribution in [1.82, 2.24) is 0 Å². The molecule has 0 radical (unpaired) electrons. The number of nitrogens with zero attached hydrogens (tertiary/aromatic N) is 1. The molecule has 0 saturated heterocycles. The number of rotatable bonds is 7. The monoisotopic (exact) mass is 575 g/mol. The molecule has 0 heterocycles. The van der Waals surface area contributed by atoms with Crippen LogP contribution >= 0.6 is 0 Å². The third-order valence-electron chi connectivity index (χ3n) is 8.75. The fourth-order valence-electron chi connectivity index (χ4n) is 6.88. The van der Waals surface area contributed by atoms with Crippen molar-refractivity contribution in [2.24, 2.45) is 5.41 Å². The molecule has 0 unspecified atom stereocenters. The summed E-state index contributed by atoms with van der Waals surface area (Å²) in [5, 5.41) is 16.0. The molecule has 0 aromatic heterocycles. The van der Waals surface area contributed by atoms with Crippen LogP contribution < -0.4 is 4.74 Å². The van der Waals surface area contributed by atoms with Gasteiger partial charge in [-0.25, -0.2) is 0 Å². The molecule has 4 aromatic rings. The van der Waals surface area contributed by atoms with E-state index in [1.54, 1.807) is 19.1 Å². The van der Waals surface area contributed by atoms with Crippen molar-refractivity contribution >= 4 is 38.8 Å². The molecular weight excluding hydrogens is 538 g/mol. The average Bonchev–Trinajstić information content (AvgIpc) is 2.96. The van der Waals surface area contributed by atoms with Crippen molar-refractivity contribution in [3.63, 3.8) is 0 Å². The van der Waals surface area contributed by atoms with E-state index in [1.807, 2.05) is 24.3 Å². The molecule has 2 aliphatic carbocycles. The van der Waals surface area contributed by atoms with Crippen LogP contribution in [0.2, 0.25) is 0 Å². The fraction of sp³-hybridized carbons (Fsp3) is 0.324. The van der Waals surface area contributed by atoms with E-state index in [0.717, 1.165) is 34.6 Å². The minimum atomic E-state index is -0.379. The van der Waals surface area contributed by atoms with Gasteiger partial charge in [-0.2, -0.15) is 0 Å². The quantitative estimate of drug-likeness (QED) is 0.0949. The first-order valence-electron chi connectivity index (χ1n) is 15.0. The molecule has 2 aliphatic rings. The predicted molar refractivity (Wildman–Crippen MR) is 172 cm³/mol. The van der Waals surface area contributed by atoms with E-state index < -0.39 is 0 Å². The van der Waals surface area contributed by atoms with Gasteiger partial charge >= 0.3 is 11.7 Å². The SMILES string of the molecule is CCC(=O)OCCOc1c(-c2ccc3ccc4c(c3c2)C(C)(C)CC2=C4C=CC(C)(C)C2)cc2ccccc2c1[N+](=O)[O-]. The van der Waals surface area contributed by atoms with E-state index in [2.05, 4.69) is 64.1 Å². The molecule has 4 aromatic carbocycles. The molecule has 6 rings (SSSR count). The number of hydrogen-bond acceptors (Lipinski definition) is 5. The number of nitro groups is 1. The smallest absolute Gasteiger partial charge is 0.319 e. The normalized spacial score (nSPS) is 16.6. The second-order valence-corrected chi connectivity index (χ2v) is 13.0. The summed E-state index contributed by atoms with van der Waals surface area (Å²) in [5.41, 5.74) is 6.84. The van der Waals surface area contributed by atoms with Crippen LogP contribution in [0.25, 0.3) is 38.2 Å². The van der Waals surface area contributed by atoms with Crippen LogP contribution in [0.5, 0.6) is 5.75 Å². The molecule has 0 N–H and O–H groups in total. The highest BCUT2D eigenvalue weighted by atomic mass is 16.6. The molecule has 6 nitrogen and oxygen atoms in total. The fourth-order valence-corrected chi connectivity index (χ4v) is 6.88. The van der Waals surface area contributed by atoms with Gasteiger partial charge in [0.1, 0.15) is 13.2 Å². The Morgan fingerprint density at radius 3 is 2.44 bits per heavy atom. The molecular formula is C37H37NO5. The van der Waals surface area contributed by atoms with Gasteiger partial charge in [0.25, 0.3) is 0 Å². The third-order valence-corrected chi connectivity index (χ3v) is 8.75. The van der Waals surface area contributed by atoms with Crippen molar-refractivity contribution in [3.8, 4) is 16.9 Å². The Bertz CT molecular complexity index is 1860. The van der Waals surface area contributed by atoms with E-state index in [9.17, 15) is 14.9 Å². The molecule has 0 bridgehead atoms. The number of carbonyl (C=O) groups is 1. The van der Waals surface area contributed by atoms with Crippen LogP contribution in [0.1, 0.15) is 65.0 Å². The Balaban J connectivity index is 1.54. The van der Waals surface area contributed by atoms with Crippen LogP contribution in [0.4, 0.5) is 5.69 Å². The van der Waals surface area contributed by atoms with Gasteiger partial charge in [0, 0.05) is 12.0 Å². The number of fused-ring (bicyclic) bond motifs is 5. The maximum atomic E-state index is 12.5. The summed E-state index contributed by atoms with van der Waals surface area (Å²) in [6, 6.07) is 20.0. The van der Waals surface area contributed by atoms with Gasteiger partial charge in [-0.05, 0) is 80.3 Å². The van der Waals surface area contributed by atoms with Crippen LogP contribution in [0.15, 0.2) is 78.4 Å². The van der Waals surface area contributed by atoms with Crippen LogP contribution in [-0.4, -0.2) is 24.1 Å². The van der Waals surface area contributed by atoms with E-state index in [0.29, 0.717) is 10.9 Å². The zero-order chi connectivity index (χ0) is 30.5. The second kappa shape index (κ2) is 10.7. The molecule has 6 heteroatoms. The van der Waals surface area contributed by atoms with Crippen LogP contribution in [-0.2, 0) is 14.9 Å². The summed E-state index contributed by atoms with van der Waals surface area (Å²) in [7, 11) is 0. The molecule has 0 fully saturated rings. The number of nitro benzene ring substituents is 1. The first kappa shape index (κ1) is 28.7. The average molecular weight is 576 g/mol. The number of ether oxygens (including phenoxy) is 2. The lowest BCUT2D eigenvalue weighted by atomic mass is 9.64. The Morgan fingerprint density at radius 2 is 1.67 bits per heavy atom. The topological polar surface area (TPSA) is 78.7 Å². The molecule has 0 spiro atoms. The summed E-state index contributed by atoms with van der Waals surface area (Å²) >= 11 is 0. The van der Waals surface area contributed by atoms with Gasteiger partial charge in [0.2, 0.25) is 5.75 Å². The van der Waals surface area contributed by atoms with E-state index in [1.165, 1.54) is 22.3 Å². The lowest BCUT2D eigenvalue weighted by Crippen LogP contribution is -2.27. The van der Waals surface area contributed by atoms with Crippen LogP contribution in [0.3, 0.4) is 0 Å². The van der Waals surface area contributed by atoms with E-state index >= 15 is 0 Å². The standard InChI is InChI=1S/C37H37NO5/c1-6-32(39)42-17-18-43-35-31(20-24-9-7-8-10-28(24)34(35)38(40)41)25-12-11-23-13-14-29-27-15-16-36(2,3)21-26(27)22-37(4,5)33(29)30(23)19-25/h7-16,19-20H,6,17-18,21-22H2,1-5H3. The van der Waals surface area contributed by atoms with Gasteiger partial charge in [0.15, 0.2) is 0 Å². The van der Waals surface area contributed by atoms with Gasteiger partial charge in [-0.1, -0.05) is 94.8 Å². The van der Waals surface area contributed by atoms with E-state index in [4.69, 9.17) is 9.47 Å². The zero-order valence-corrected chi connectivity index (χ0v) is 25.5. The number of carbonyl (C=O) groups excluding carboxylic acids is 1. The van der Waals surface area contributed by atoms with Crippen molar-refractivity contribution in [1.29, 1.82) is 0 Å². The molecule has 0 aliphatic heterocycles. The summed E-state index contributed by atoms with van der Waals surface area (Å²) < 4.78 is 11.3. The predicted octanol–water partition coefficient (Wildman–Crippen LogP) is 9.32. The number of allylic oxidation sites excluding steroid dienone is 4. The second-order valence-electron chi connectivity index (χ2n) is 13.0. The third kappa shape index (κ3) is 5.20. The van der Waals surface area contributed by atoms with Gasteiger partial charge < -0.3 is 9.47 Å². The number of esters is 1. The molecule has 0 atom stereocenters. The Kier molecular flexibility index (Phi) is 7.11. The maximum Gasteiger partial charge on any atom is 0.319 e. The summed E-state index contributed by atoms with van der Waals surface area (Å²) in [5.74, 6) is -0.157. The highest BCUT2D eigenvalue weighted by Crippen LogP contribution is 2.52. The minimum absolute atomic E-state index is 0.00749. The van der Waals surface area contributed by atoms with Gasteiger partial charge in [0.05, 0.1) is 10.3 Å². The number of hydrogen-bond donors (Lipinski definition) is 0. The highest BCUT2D eigenvalue weighted by molar-refractivity contribution is 6.02. The highest BCUT2D eigenvalue weighted by Gasteiger charge is 2.36. The maximum absolute atomic E-state index is 12.5. The number of benzene rings is 4. The van der Waals surface area contributed by atoms with Gasteiger partial charge in [-0.15, -0.1) is 0 Å². The van der Waals surface area contributed by atoms with Crippen LogP contribution in [0, 0.1) is 15.5 Å². The Morgan fingerprint density at radius 1 is 0.907 bits per heavy atom. The molecule has 0 amide bonds. The lowest BCUT2D eigenvalue weighted by Gasteiger charge is -2.40. The van der Waals surface area contributed by atoms with Crippen molar-refractivity contribution in [2.75, 3.05) is 13.2 Å². The first-order valence-corrected chi connectivity index (χ1v) is 15.0. The van der Waals surface area contributed by atoms with Crippen molar-refractivity contribution in [2.45, 2.75) is 59.3 Å². The summed E-state index contributed by atoms with van der Waals surface area (Å²) in [6.07, 6.45) is 6.91. The molecule has 43 heavy (non-hydrogen) atoms. The minimum Gasteiger partial charge on any atom is -0.483 e. The zero-order valence-electron chi connectivity index (χ0n) is 25.5. The Hall–Kier alpha value is -4.45. The first-order chi connectivity index (χ1) is 20.5. The largest absolute Gasteiger partial charge is 0.483 e. The van der Waals surface area contributed by atoms with Crippen molar-refractivity contribution in [3.05, 3.63) is 99.6 Å². The van der Waals surface area contributed by atoms with Gasteiger partial charge in [-0.3, -0.25) is 14.9 Å². The Labute approximate surface area is 252 Å². The molecule has 220 valence electrons. The summed E-state index contributed by atoms with van der Waals surface area (Å²) in [4.78, 5) is 23.8.